The maximum absolute atomic E-state index is 6.19. The molecule has 4 nitrogen and oxygen atoms in total. The maximum Gasteiger partial charge on any atom is 0.195 e. The highest BCUT2D eigenvalue weighted by Gasteiger charge is 2.02. The summed E-state index contributed by atoms with van der Waals surface area (Å²) in [6.07, 6.45) is 1.98. The lowest BCUT2D eigenvalue weighted by Gasteiger charge is -2.06. The molecule has 0 atom stereocenters. The molecule has 1 heterocycles. The second-order valence-electron chi connectivity index (χ2n) is 4.24. The third-order valence-electron chi connectivity index (χ3n) is 2.74. The average molecular weight is 342 g/mol. The molecule has 1 aromatic heterocycles. The van der Waals surface area contributed by atoms with Crippen LogP contribution in [0.5, 0.6) is 0 Å². The fourth-order valence-electron chi connectivity index (χ4n) is 1.70. The lowest BCUT2D eigenvalue weighted by molar-refractivity contribution is 0.204. The number of thiocarbonyl (C=S) groups is 1. The van der Waals surface area contributed by atoms with Gasteiger partial charge in [-0.15, -0.1) is 11.3 Å². The molecule has 0 aliphatic rings. The molecule has 0 spiro atoms. The predicted molar refractivity (Wildman–Crippen MR) is 90.9 cm³/mol. The van der Waals surface area contributed by atoms with Gasteiger partial charge in [-0.1, -0.05) is 29.8 Å². The van der Waals surface area contributed by atoms with Crippen molar-refractivity contribution in [1.82, 2.24) is 9.88 Å². The summed E-state index contributed by atoms with van der Waals surface area (Å²) in [5.74, 6) is 0. The third-order valence-corrected chi connectivity index (χ3v) is 4.14. The van der Waals surface area contributed by atoms with Crippen LogP contribution in [0.15, 0.2) is 40.8 Å². The van der Waals surface area contributed by atoms with Gasteiger partial charge >= 0.3 is 0 Å². The van der Waals surface area contributed by atoms with Crippen molar-refractivity contribution in [2.45, 2.75) is 6.54 Å². The van der Waals surface area contributed by atoms with Crippen molar-refractivity contribution in [3.8, 4) is 0 Å². The molecule has 0 aliphatic heterocycles. The first-order chi connectivity index (χ1) is 10.2. The van der Waals surface area contributed by atoms with Gasteiger partial charge in [-0.3, -0.25) is 0 Å². The molecule has 2 rings (SSSR count). The molecule has 0 aliphatic carbocycles. The van der Waals surface area contributed by atoms with Gasteiger partial charge in [0, 0.05) is 30.3 Å². The Balaban J connectivity index is 2.11. The molecule has 1 aromatic carbocycles. The molecule has 0 bridgehead atoms. The zero-order chi connectivity index (χ0) is 15.1. The van der Waals surface area contributed by atoms with Crippen LogP contribution in [0, 0.1) is 0 Å². The van der Waals surface area contributed by atoms with E-state index in [9.17, 15) is 0 Å². The zero-order valence-corrected chi connectivity index (χ0v) is 14.0. The maximum atomic E-state index is 6.19. The Labute approximate surface area is 138 Å². The first kappa shape index (κ1) is 16.2. The Morgan fingerprint density at radius 3 is 3.05 bits per heavy atom. The standard InChI is InChI=1S/C14H16ClN3OS2/c1-19-8-6-16-13(20)17-14-18(7-9-21-14)10-11-4-2-3-5-12(11)15/h2-5,7,9H,6,8,10H2,1H3,(H,16,20). The normalized spacial score (nSPS) is 11.6. The number of nitrogens with one attached hydrogen (secondary N) is 1. The Kier molecular flexibility index (Phi) is 6.38. The van der Waals surface area contributed by atoms with E-state index in [0.717, 1.165) is 15.4 Å². The topological polar surface area (TPSA) is 38.5 Å². The number of aromatic nitrogens is 1. The molecule has 1 N–H and O–H groups in total. The van der Waals surface area contributed by atoms with Gasteiger partial charge in [-0.25, -0.2) is 0 Å². The van der Waals surface area contributed by atoms with E-state index in [2.05, 4.69) is 10.3 Å². The average Bonchev–Trinajstić information content (AvgIpc) is 2.89. The molecule has 21 heavy (non-hydrogen) atoms. The van der Waals surface area contributed by atoms with Crippen LogP contribution in [-0.2, 0) is 11.3 Å². The van der Waals surface area contributed by atoms with Gasteiger partial charge in [0.2, 0.25) is 0 Å². The largest absolute Gasteiger partial charge is 0.383 e. The van der Waals surface area contributed by atoms with Gasteiger partial charge in [0.05, 0.1) is 13.2 Å². The Morgan fingerprint density at radius 1 is 1.48 bits per heavy atom. The van der Waals surface area contributed by atoms with Crippen LogP contribution in [0.4, 0.5) is 0 Å². The molecule has 7 heteroatoms. The fraction of sp³-hybridized carbons (Fsp3) is 0.286. The Hall–Kier alpha value is -1.21. The minimum Gasteiger partial charge on any atom is -0.383 e. The van der Waals surface area contributed by atoms with Gasteiger partial charge < -0.3 is 14.6 Å². The minimum atomic E-state index is 0.461. The van der Waals surface area contributed by atoms with E-state index in [1.807, 2.05) is 40.4 Å². The Morgan fingerprint density at radius 2 is 2.29 bits per heavy atom. The van der Waals surface area contributed by atoms with Crippen molar-refractivity contribution < 1.29 is 4.74 Å². The van der Waals surface area contributed by atoms with Crippen molar-refractivity contribution in [1.29, 1.82) is 0 Å². The van der Waals surface area contributed by atoms with Crippen LogP contribution in [0.25, 0.3) is 0 Å². The van der Waals surface area contributed by atoms with E-state index in [1.165, 1.54) is 11.3 Å². The number of benzene rings is 1. The van der Waals surface area contributed by atoms with Crippen LogP contribution in [0.2, 0.25) is 5.02 Å². The van der Waals surface area contributed by atoms with Gasteiger partial charge in [0.15, 0.2) is 9.91 Å². The number of nitrogens with zero attached hydrogens (tertiary/aromatic N) is 2. The van der Waals surface area contributed by atoms with Crippen molar-refractivity contribution >= 4 is 40.3 Å². The van der Waals surface area contributed by atoms with E-state index in [0.29, 0.717) is 24.8 Å². The number of methoxy groups -OCH3 is 1. The number of ether oxygens (including phenoxy) is 1. The number of hydrogen-bond donors (Lipinski definition) is 1. The lowest BCUT2D eigenvalue weighted by Crippen LogP contribution is -2.27. The summed E-state index contributed by atoms with van der Waals surface area (Å²) >= 11 is 12.9. The molecule has 0 saturated heterocycles. The van der Waals surface area contributed by atoms with E-state index in [1.54, 1.807) is 7.11 Å². The van der Waals surface area contributed by atoms with E-state index < -0.39 is 0 Å². The summed E-state index contributed by atoms with van der Waals surface area (Å²) in [4.78, 5) is 5.26. The number of halogens is 1. The molecule has 2 aromatic rings. The van der Waals surface area contributed by atoms with Crippen molar-refractivity contribution in [3.05, 3.63) is 51.2 Å². The summed E-state index contributed by atoms with van der Waals surface area (Å²) < 4.78 is 6.99. The van der Waals surface area contributed by atoms with Crippen LogP contribution in [0.3, 0.4) is 0 Å². The Bertz CT molecular complexity index is 666. The SMILES string of the molecule is COCCNC(=S)N=c1sccn1Cc1ccccc1Cl. The molecular formula is C14H16ClN3OS2. The van der Waals surface area contributed by atoms with Crippen LogP contribution >= 0.6 is 35.2 Å². The highest BCUT2D eigenvalue weighted by Crippen LogP contribution is 2.15. The third kappa shape index (κ3) is 4.93. The molecule has 0 radical (unpaired) electrons. The summed E-state index contributed by atoms with van der Waals surface area (Å²) in [6.45, 7) is 1.91. The molecule has 0 unspecified atom stereocenters. The lowest BCUT2D eigenvalue weighted by atomic mass is 10.2. The highest BCUT2D eigenvalue weighted by atomic mass is 35.5. The molecule has 0 amide bonds. The second-order valence-corrected chi connectivity index (χ2v) is 5.91. The summed E-state index contributed by atoms with van der Waals surface area (Å²) in [7, 11) is 1.65. The number of hydrogen-bond acceptors (Lipinski definition) is 3. The quantitative estimate of drug-likeness (QED) is 0.671. The highest BCUT2D eigenvalue weighted by molar-refractivity contribution is 7.80. The van der Waals surface area contributed by atoms with Crippen molar-refractivity contribution in [2.75, 3.05) is 20.3 Å². The monoisotopic (exact) mass is 341 g/mol. The fourth-order valence-corrected chi connectivity index (χ4v) is 2.88. The predicted octanol–water partition coefficient (Wildman–Crippen LogP) is 2.67. The number of thiazole rings is 1. The van der Waals surface area contributed by atoms with Crippen molar-refractivity contribution in [2.24, 2.45) is 4.99 Å². The first-order valence-corrected chi connectivity index (χ1v) is 8.06. The van der Waals surface area contributed by atoms with Crippen molar-refractivity contribution in [3.63, 3.8) is 0 Å². The van der Waals surface area contributed by atoms with Gasteiger partial charge in [0.1, 0.15) is 0 Å². The van der Waals surface area contributed by atoms with Gasteiger partial charge in [0.25, 0.3) is 0 Å². The molecule has 0 fully saturated rings. The van der Waals surface area contributed by atoms with Crippen LogP contribution in [0.1, 0.15) is 5.56 Å². The summed E-state index contributed by atoms with van der Waals surface area (Å²) in [6, 6.07) is 7.79. The summed E-state index contributed by atoms with van der Waals surface area (Å²) in [5, 5.41) is 6.22. The molecular weight excluding hydrogens is 326 g/mol. The second kappa shape index (κ2) is 8.29. The zero-order valence-electron chi connectivity index (χ0n) is 11.6. The number of rotatable bonds is 5. The van der Waals surface area contributed by atoms with E-state index in [-0.39, 0.29) is 0 Å². The van der Waals surface area contributed by atoms with Crippen LogP contribution in [-0.4, -0.2) is 29.9 Å². The van der Waals surface area contributed by atoms with Gasteiger partial charge in [-0.05, 0) is 23.8 Å². The smallest absolute Gasteiger partial charge is 0.195 e. The van der Waals surface area contributed by atoms with E-state index in [4.69, 9.17) is 28.6 Å². The first-order valence-electron chi connectivity index (χ1n) is 6.39. The molecule has 112 valence electrons. The van der Waals surface area contributed by atoms with E-state index >= 15 is 0 Å². The summed E-state index contributed by atoms with van der Waals surface area (Å²) in [5.41, 5.74) is 1.05. The van der Waals surface area contributed by atoms with Crippen LogP contribution < -0.4 is 10.1 Å². The molecule has 0 saturated carbocycles. The minimum absolute atomic E-state index is 0.461. The van der Waals surface area contributed by atoms with Gasteiger partial charge in [-0.2, -0.15) is 4.99 Å².